The van der Waals surface area contributed by atoms with Crippen LogP contribution in [-0.4, -0.2) is 21.2 Å². The standard InChI is InChI=1S/C12H14ClN3S/c13-11-6-14-16(7-11)9-15-4-1-2-12(15)10-3-5-17-8-10/h3,5-8,12H,1-2,4,9H2. The van der Waals surface area contributed by atoms with E-state index in [-0.39, 0.29) is 0 Å². The van der Waals surface area contributed by atoms with E-state index in [4.69, 9.17) is 11.6 Å². The van der Waals surface area contributed by atoms with E-state index in [1.54, 1.807) is 17.5 Å². The van der Waals surface area contributed by atoms with Crippen molar-refractivity contribution < 1.29 is 0 Å². The highest BCUT2D eigenvalue weighted by Gasteiger charge is 2.26. The highest BCUT2D eigenvalue weighted by Crippen LogP contribution is 2.33. The van der Waals surface area contributed by atoms with Crippen molar-refractivity contribution in [1.82, 2.24) is 14.7 Å². The SMILES string of the molecule is Clc1cnn(CN2CCCC2c2ccsc2)c1. The number of halogens is 1. The molecule has 90 valence electrons. The van der Waals surface area contributed by atoms with E-state index < -0.39 is 0 Å². The molecule has 0 bridgehead atoms. The molecular formula is C12H14ClN3S. The molecule has 1 fully saturated rings. The largest absolute Gasteiger partial charge is 0.277 e. The molecule has 0 spiro atoms. The van der Waals surface area contributed by atoms with Gasteiger partial charge in [-0.2, -0.15) is 16.4 Å². The van der Waals surface area contributed by atoms with Crippen molar-refractivity contribution in [3.05, 3.63) is 39.8 Å². The first-order valence-electron chi connectivity index (χ1n) is 5.77. The molecule has 1 atom stereocenters. The fraction of sp³-hybridized carbons (Fsp3) is 0.417. The van der Waals surface area contributed by atoms with Gasteiger partial charge in [0.05, 0.1) is 17.9 Å². The number of rotatable bonds is 3. The lowest BCUT2D eigenvalue weighted by Gasteiger charge is -2.23. The summed E-state index contributed by atoms with van der Waals surface area (Å²) in [6.45, 7) is 1.96. The molecule has 0 radical (unpaired) electrons. The van der Waals surface area contributed by atoms with Crippen molar-refractivity contribution >= 4 is 22.9 Å². The summed E-state index contributed by atoms with van der Waals surface area (Å²) < 4.78 is 1.91. The minimum atomic E-state index is 0.546. The van der Waals surface area contributed by atoms with Gasteiger partial charge in [-0.05, 0) is 35.2 Å². The maximum absolute atomic E-state index is 5.88. The van der Waals surface area contributed by atoms with Gasteiger partial charge in [0.2, 0.25) is 0 Å². The first kappa shape index (κ1) is 11.3. The van der Waals surface area contributed by atoms with Crippen molar-refractivity contribution in [3.63, 3.8) is 0 Å². The van der Waals surface area contributed by atoms with Gasteiger partial charge in [-0.25, -0.2) is 0 Å². The summed E-state index contributed by atoms with van der Waals surface area (Å²) in [5, 5.41) is 9.34. The predicted molar refractivity (Wildman–Crippen MR) is 70.2 cm³/mol. The molecular weight excluding hydrogens is 254 g/mol. The molecule has 3 nitrogen and oxygen atoms in total. The van der Waals surface area contributed by atoms with E-state index in [0.717, 1.165) is 13.2 Å². The average molecular weight is 268 g/mol. The van der Waals surface area contributed by atoms with Crippen molar-refractivity contribution in [2.75, 3.05) is 6.54 Å². The molecule has 3 heterocycles. The van der Waals surface area contributed by atoms with Crippen LogP contribution >= 0.6 is 22.9 Å². The Balaban J connectivity index is 1.74. The first-order valence-corrected chi connectivity index (χ1v) is 7.09. The molecule has 2 aromatic rings. The third-order valence-electron chi connectivity index (χ3n) is 3.22. The van der Waals surface area contributed by atoms with Gasteiger partial charge < -0.3 is 0 Å². The molecule has 1 aliphatic rings. The Kier molecular flexibility index (Phi) is 3.18. The highest BCUT2D eigenvalue weighted by molar-refractivity contribution is 7.07. The maximum atomic E-state index is 5.88. The van der Waals surface area contributed by atoms with Crippen LogP contribution in [0.2, 0.25) is 5.02 Å². The van der Waals surface area contributed by atoms with Crippen LogP contribution in [0.15, 0.2) is 29.2 Å². The maximum Gasteiger partial charge on any atom is 0.0934 e. The summed E-state index contributed by atoms with van der Waals surface area (Å²) in [7, 11) is 0. The van der Waals surface area contributed by atoms with Crippen LogP contribution in [0, 0.1) is 0 Å². The smallest absolute Gasteiger partial charge is 0.0934 e. The second-order valence-electron chi connectivity index (χ2n) is 4.37. The van der Waals surface area contributed by atoms with E-state index >= 15 is 0 Å². The van der Waals surface area contributed by atoms with Crippen molar-refractivity contribution in [2.24, 2.45) is 0 Å². The minimum absolute atomic E-state index is 0.546. The van der Waals surface area contributed by atoms with Gasteiger partial charge in [-0.15, -0.1) is 0 Å². The Hall–Kier alpha value is -0.840. The lowest BCUT2D eigenvalue weighted by molar-refractivity contribution is 0.192. The molecule has 0 N–H and O–H groups in total. The fourth-order valence-corrected chi connectivity index (χ4v) is 3.30. The molecule has 0 aliphatic carbocycles. The number of nitrogens with zero attached hydrogens (tertiary/aromatic N) is 3. The third-order valence-corrected chi connectivity index (χ3v) is 4.12. The van der Waals surface area contributed by atoms with Crippen molar-refractivity contribution in [2.45, 2.75) is 25.6 Å². The highest BCUT2D eigenvalue weighted by atomic mass is 35.5. The summed E-state index contributed by atoms with van der Waals surface area (Å²) in [5.74, 6) is 0. The minimum Gasteiger partial charge on any atom is -0.277 e. The summed E-state index contributed by atoms with van der Waals surface area (Å²) in [5.41, 5.74) is 1.44. The zero-order valence-electron chi connectivity index (χ0n) is 9.42. The van der Waals surface area contributed by atoms with Gasteiger partial charge in [-0.1, -0.05) is 11.6 Å². The molecule has 3 rings (SSSR count). The van der Waals surface area contributed by atoms with Crippen LogP contribution in [0.5, 0.6) is 0 Å². The summed E-state index contributed by atoms with van der Waals surface area (Å²) >= 11 is 7.65. The van der Waals surface area contributed by atoms with E-state index in [0.29, 0.717) is 11.1 Å². The van der Waals surface area contributed by atoms with Crippen LogP contribution in [0.25, 0.3) is 0 Å². The monoisotopic (exact) mass is 267 g/mol. The van der Waals surface area contributed by atoms with Crippen molar-refractivity contribution in [3.8, 4) is 0 Å². The van der Waals surface area contributed by atoms with E-state index in [1.807, 2.05) is 10.9 Å². The van der Waals surface area contributed by atoms with Gasteiger partial charge in [0, 0.05) is 18.8 Å². The van der Waals surface area contributed by atoms with Gasteiger partial charge in [-0.3, -0.25) is 9.58 Å². The fourth-order valence-electron chi connectivity index (χ4n) is 2.44. The first-order chi connectivity index (χ1) is 8.33. The zero-order valence-corrected chi connectivity index (χ0v) is 11.0. The summed E-state index contributed by atoms with van der Waals surface area (Å²) in [4.78, 5) is 2.46. The molecule has 0 amide bonds. The van der Waals surface area contributed by atoms with Crippen LogP contribution in [0.4, 0.5) is 0 Å². The second kappa shape index (κ2) is 4.80. The van der Waals surface area contributed by atoms with Crippen LogP contribution in [0.3, 0.4) is 0 Å². The topological polar surface area (TPSA) is 21.1 Å². The summed E-state index contributed by atoms with van der Waals surface area (Å²) in [6, 6.07) is 2.77. The van der Waals surface area contributed by atoms with Gasteiger partial charge in [0.25, 0.3) is 0 Å². The number of likely N-dealkylation sites (tertiary alicyclic amines) is 1. The van der Waals surface area contributed by atoms with Crippen LogP contribution in [0.1, 0.15) is 24.4 Å². The average Bonchev–Trinajstić information content (AvgIpc) is 3.00. The Labute approximate surface area is 110 Å². The lowest BCUT2D eigenvalue weighted by atomic mass is 10.1. The van der Waals surface area contributed by atoms with Crippen molar-refractivity contribution in [1.29, 1.82) is 0 Å². The van der Waals surface area contributed by atoms with E-state index in [2.05, 4.69) is 26.8 Å². The van der Waals surface area contributed by atoms with Gasteiger partial charge in [0.1, 0.15) is 0 Å². The van der Waals surface area contributed by atoms with Gasteiger partial charge >= 0.3 is 0 Å². The molecule has 1 unspecified atom stereocenters. The zero-order chi connectivity index (χ0) is 11.7. The Morgan fingerprint density at radius 1 is 1.53 bits per heavy atom. The quantitative estimate of drug-likeness (QED) is 0.850. The Morgan fingerprint density at radius 3 is 3.18 bits per heavy atom. The van der Waals surface area contributed by atoms with Gasteiger partial charge in [0.15, 0.2) is 0 Å². The number of hydrogen-bond donors (Lipinski definition) is 0. The molecule has 2 aromatic heterocycles. The molecule has 0 aromatic carbocycles. The molecule has 17 heavy (non-hydrogen) atoms. The number of aromatic nitrogens is 2. The predicted octanol–water partition coefficient (Wildman–Crippen LogP) is 3.39. The summed E-state index contributed by atoms with van der Waals surface area (Å²) in [6.07, 6.45) is 6.07. The number of hydrogen-bond acceptors (Lipinski definition) is 3. The Bertz CT molecular complexity index is 480. The van der Waals surface area contributed by atoms with E-state index in [1.165, 1.54) is 18.4 Å². The Morgan fingerprint density at radius 2 is 2.47 bits per heavy atom. The third kappa shape index (κ3) is 2.39. The molecule has 0 saturated carbocycles. The number of thiophene rings is 1. The molecule has 5 heteroatoms. The molecule has 1 aliphatic heterocycles. The van der Waals surface area contributed by atoms with Crippen LogP contribution < -0.4 is 0 Å². The normalized spacial score (nSPS) is 21.1. The van der Waals surface area contributed by atoms with E-state index in [9.17, 15) is 0 Å². The lowest BCUT2D eigenvalue weighted by Crippen LogP contribution is -2.26. The second-order valence-corrected chi connectivity index (χ2v) is 5.58. The molecule has 1 saturated heterocycles. The van der Waals surface area contributed by atoms with Crippen LogP contribution in [-0.2, 0) is 6.67 Å².